The lowest BCUT2D eigenvalue weighted by atomic mass is 10.0. The molecular weight excluding hydrogens is 1180 g/mol. The van der Waals surface area contributed by atoms with Gasteiger partial charge in [-0.1, -0.05) is 339 Å². The van der Waals surface area contributed by atoms with Gasteiger partial charge in [0.2, 0.25) is 0 Å². The Bertz CT molecular complexity index is 2150. The third-order valence-electron chi connectivity index (χ3n) is 16.0. The molecule has 94 heavy (non-hydrogen) atoms. The molecule has 0 spiro atoms. The zero-order valence-corrected chi connectivity index (χ0v) is 62.0. The summed E-state index contributed by atoms with van der Waals surface area (Å²) < 4.78 is 34.3. The minimum absolute atomic E-state index is 0.0480. The lowest BCUT2D eigenvalue weighted by Gasteiger charge is -2.28. The molecule has 2 unspecified atom stereocenters. The second kappa shape index (κ2) is 72.9. The highest BCUT2D eigenvalue weighted by Gasteiger charge is 2.22. The number of carbonyl (C=O) groups is 2. The molecule has 0 aliphatic rings. The Balaban J connectivity index is 4.03. The molecule has 0 amide bonds. The molecule has 536 valence electrons. The molecule has 0 aromatic rings. The fourth-order valence-electron chi connectivity index (χ4n) is 10.3. The summed E-state index contributed by atoms with van der Waals surface area (Å²) in [6, 6.07) is 0. The number of hydrogen-bond acceptors (Lipinski definition) is 8. The normalized spacial score (nSPS) is 14.0. The van der Waals surface area contributed by atoms with Crippen molar-refractivity contribution in [2.45, 2.75) is 315 Å². The van der Waals surface area contributed by atoms with Crippen LogP contribution in [0, 0.1) is 0 Å². The molecule has 9 nitrogen and oxygen atoms in total. The van der Waals surface area contributed by atoms with Crippen LogP contribution in [0.15, 0.2) is 158 Å². The first kappa shape index (κ1) is 89.6. The first-order valence-electron chi connectivity index (χ1n) is 38.2. The summed E-state index contributed by atoms with van der Waals surface area (Å²) in [4.78, 5) is 38.1. The first-order chi connectivity index (χ1) is 46.0. The first-order valence-corrected chi connectivity index (χ1v) is 39.7. The predicted molar refractivity (Wildman–Crippen MR) is 406 cm³/mol. The van der Waals surface area contributed by atoms with Crippen molar-refractivity contribution in [3.63, 3.8) is 0 Å². The number of nitrogens with zero attached hydrogens (tertiary/aromatic N) is 1. The molecule has 0 fully saturated rings. The van der Waals surface area contributed by atoms with E-state index >= 15 is 0 Å². The average Bonchev–Trinajstić information content (AvgIpc) is 1.65. The summed E-state index contributed by atoms with van der Waals surface area (Å²) in [5.41, 5.74) is 0. The molecule has 0 rings (SSSR count). The molecule has 2 atom stereocenters. The van der Waals surface area contributed by atoms with Gasteiger partial charge in [0.1, 0.15) is 19.8 Å². The zero-order valence-electron chi connectivity index (χ0n) is 61.1. The lowest BCUT2D eigenvalue weighted by Crippen LogP contribution is -2.37. The summed E-state index contributed by atoms with van der Waals surface area (Å²) >= 11 is 0. The molecule has 0 radical (unpaired) electrons. The molecule has 0 aromatic carbocycles. The molecule has 0 N–H and O–H groups in total. The quantitative estimate of drug-likeness (QED) is 0.0195. The lowest BCUT2D eigenvalue weighted by molar-refractivity contribution is -0.870. The van der Waals surface area contributed by atoms with Gasteiger partial charge in [0.05, 0.1) is 27.7 Å². The molecule has 0 aliphatic carbocycles. The number of unbranched alkanes of at least 4 members (excludes halogenated alkanes) is 29. The van der Waals surface area contributed by atoms with Gasteiger partial charge in [0.15, 0.2) is 6.10 Å². The van der Waals surface area contributed by atoms with Crippen LogP contribution in [-0.4, -0.2) is 70.0 Å². The van der Waals surface area contributed by atoms with Gasteiger partial charge in [0.25, 0.3) is 7.82 Å². The molecule has 10 heteroatoms. The number of phosphoric acid groups is 1. The second-order valence-corrected chi connectivity index (χ2v) is 27.7. The van der Waals surface area contributed by atoms with E-state index in [0.29, 0.717) is 23.9 Å². The maximum absolute atomic E-state index is 12.8. The van der Waals surface area contributed by atoms with Gasteiger partial charge in [-0.05, 0) is 116 Å². The van der Waals surface area contributed by atoms with Gasteiger partial charge in [-0.2, -0.15) is 0 Å². The Labute approximate surface area is 579 Å². The maximum atomic E-state index is 12.8. The van der Waals surface area contributed by atoms with Gasteiger partial charge in [0, 0.05) is 12.8 Å². The van der Waals surface area contributed by atoms with E-state index < -0.39 is 32.5 Å². The van der Waals surface area contributed by atoms with Crippen LogP contribution in [0.5, 0.6) is 0 Å². The van der Waals surface area contributed by atoms with E-state index in [0.717, 1.165) is 103 Å². The number of allylic oxidation sites excluding steroid dienone is 26. The third kappa shape index (κ3) is 76.6. The number of likely N-dealkylation sites (N-methyl/N-ethyl adjacent to an activating group) is 1. The fraction of sp³-hybridized carbons (Fsp3) is 0.667. The molecule has 0 saturated heterocycles. The van der Waals surface area contributed by atoms with Crippen molar-refractivity contribution >= 4 is 19.8 Å². The minimum atomic E-state index is -4.67. The number of quaternary nitrogens is 1. The van der Waals surface area contributed by atoms with Crippen molar-refractivity contribution < 1.29 is 42.1 Å². The highest BCUT2D eigenvalue weighted by atomic mass is 31.2. The van der Waals surface area contributed by atoms with E-state index in [4.69, 9.17) is 18.5 Å². The van der Waals surface area contributed by atoms with E-state index in [9.17, 15) is 19.0 Å². The van der Waals surface area contributed by atoms with Crippen molar-refractivity contribution in [1.29, 1.82) is 0 Å². The number of phosphoric ester groups is 1. The van der Waals surface area contributed by atoms with Crippen LogP contribution in [0.4, 0.5) is 0 Å². The van der Waals surface area contributed by atoms with E-state index in [1.807, 2.05) is 27.2 Å². The predicted octanol–water partition coefficient (Wildman–Crippen LogP) is 24.9. The number of ether oxygens (including phenoxy) is 2. The topological polar surface area (TPSA) is 111 Å². The Morgan fingerprint density at radius 2 is 0.585 bits per heavy atom. The number of hydrogen-bond donors (Lipinski definition) is 0. The fourth-order valence-corrected chi connectivity index (χ4v) is 11.0. The van der Waals surface area contributed by atoms with Crippen LogP contribution in [0.2, 0.25) is 0 Å². The molecule has 0 aromatic heterocycles. The molecule has 0 saturated carbocycles. The van der Waals surface area contributed by atoms with Crippen molar-refractivity contribution in [1.82, 2.24) is 0 Å². The summed E-state index contributed by atoms with van der Waals surface area (Å²) in [5, 5.41) is 0. The van der Waals surface area contributed by atoms with Crippen LogP contribution in [0.1, 0.15) is 309 Å². The summed E-state index contributed by atoms with van der Waals surface area (Å²) in [6.07, 6.45) is 109. The van der Waals surface area contributed by atoms with Crippen LogP contribution >= 0.6 is 7.82 Å². The number of carbonyl (C=O) groups excluding carboxylic acids is 2. The van der Waals surface area contributed by atoms with Crippen molar-refractivity contribution in [3.05, 3.63) is 158 Å². The Hall–Kier alpha value is -4.37. The Morgan fingerprint density at radius 1 is 0.330 bits per heavy atom. The van der Waals surface area contributed by atoms with Gasteiger partial charge in [-0.25, -0.2) is 0 Å². The van der Waals surface area contributed by atoms with E-state index in [2.05, 4.69) is 166 Å². The van der Waals surface area contributed by atoms with Gasteiger partial charge in [-0.3, -0.25) is 14.2 Å². The summed E-state index contributed by atoms with van der Waals surface area (Å²) in [7, 11) is 1.12. The van der Waals surface area contributed by atoms with Crippen molar-refractivity contribution in [2.24, 2.45) is 0 Å². The second-order valence-electron chi connectivity index (χ2n) is 26.3. The van der Waals surface area contributed by atoms with Gasteiger partial charge >= 0.3 is 11.9 Å². The Kier molecular flexibility index (Phi) is 69.5. The SMILES string of the molecule is CC/C=C\C/C=C\C/C=C\C/C=C\C/C=C\C/C=C\C/C=C\C/C=C\C/C=C\CCCC(=O)OC(COC(=O)CCCCCCCCCCCCCCCCCCCCCCCCCCCCCC/C=C\C/C=C\C/C=C\C/C=C\CC)COP(=O)([O-])OCC[N+](C)(C)C. The smallest absolute Gasteiger partial charge is 0.306 e. The van der Waals surface area contributed by atoms with Crippen LogP contribution < -0.4 is 4.89 Å². The number of rotatable bonds is 69. The standard InChI is InChI=1S/C84H142NO8P/c1-6-8-10-12-14-16-18-20-22-24-26-28-30-32-34-36-37-38-39-40-41-42-43-44-45-46-47-49-50-52-54-56-58-60-62-64-66-68-70-72-74-76-83(86)90-80-82(81-92-94(88,89)91-79-78-85(3,4)5)93-84(87)77-75-73-71-69-67-65-63-61-59-57-55-53-51-48-35-33-31-29-27-25-23-21-19-17-15-13-11-9-7-2/h8-11,14-17,20-23,26-29,33,35,51,53,57,59,63,65,69,71,82H,6-7,12-13,18-19,24-25,30-32,34,36-50,52,54-56,58,60-62,64,66-68,70,72-81H2,1-5H3/b10-8-,11-9-,16-14-,17-15-,22-20-,23-21-,28-26-,29-27-,35-33-,53-51-,59-57-,65-63-,71-69-. The average molecular weight is 1330 g/mol. The molecule has 0 aliphatic heterocycles. The van der Waals surface area contributed by atoms with Crippen LogP contribution in [0.25, 0.3) is 0 Å². The minimum Gasteiger partial charge on any atom is -0.756 e. The zero-order chi connectivity index (χ0) is 68.3. The van der Waals surface area contributed by atoms with E-state index in [1.165, 1.54) is 167 Å². The number of esters is 2. The Morgan fingerprint density at radius 3 is 0.883 bits per heavy atom. The molecule has 0 bridgehead atoms. The summed E-state index contributed by atoms with van der Waals surface area (Å²) in [5.74, 6) is -0.902. The molecular formula is C84H142NO8P. The van der Waals surface area contributed by atoms with E-state index in [-0.39, 0.29) is 26.1 Å². The van der Waals surface area contributed by atoms with Crippen molar-refractivity contribution in [3.8, 4) is 0 Å². The third-order valence-corrected chi connectivity index (χ3v) is 17.0. The van der Waals surface area contributed by atoms with Gasteiger partial charge < -0.3 is 27.9 Å². The van der Waals surface area contributed by atoms with Crippen molar-refractivity contribution in [2.75, 3.05) is 47.5 Å². The highest BCUT2D eigenvalue weighted by molar-refractivity contribution is 7.45. The largest absolute Gasteiger partial charge is 0.756 e. The van der Waals surface area contributed by atoms with Crippen LogP contribution in [-0.2, 0) is 32.7 Å². The monoisotopic (exact) mass is 1320 g/mol. The van der Waals surface area contributed by atoms with E-state index in [1.54, 1.807) is 0 Å². The maximum Gasteiger partial charge on any atom is 0.306 e. The summed E-state index contributed by atoms with van der Waals surface area (Å²) in [6.45, 7) is 3.96. The van der Waals surface area contributed by atoms with Gasteiger partial charge in [-0.15, -0.1) is 0 Å². The highest BCUT2D eigenvalue weighted by Crippen LogP contribution is 2.38. The molecule has 0 heterocycles. The van der Waals surface area contributed by atoms with Crippen LogP contribution in [0.3, 0.4) is 0 Å².